The predicted octanol–water partition coefficient (Wildman–Crippen LogP) is 2.57. The zero-order valence-corrected chi connectivity index (χ0v) is 15.3. The average molecular weight is 378 g/mol. The molecule has 0 aliphatic rings. The molecule has 1 N–H and O–H groups in total. The fourth-order valence-corrected chi connectivity index (χ4v) is 3.16. The Labute approximate surface area is 153 Å². The van der Waals surface area contributed by atoms with Crippen molar-refractivity contribution in [3.63, 3.8) is 0 Å². The lowest BCUT2D eigenvalue weighted by atomic mass is 10.1. The lowest BCUT2D eigenvalue weighted by Gasteiger charge is -2.15. The van der Waals surface area contributed by atoms with Crippen molar-refractivity contribution in [2.75, 3.05) is 20.3 Å². The molecular weight excluding hydrogens is 356 g/mol. The summed E-state index contributed by atoms with van der Waals surface area (Å²) in [6.07, 6.45) is 1.20. The van der Waals surface area contributed by atoms with Crippen LogP contribution in [0.25, 0.3) is 0 Å². The normalized spacial score (nSPS) is 12.4. The molecule has 0 bridgehead atoms. The number of aliphatic hydroxyl groups excluding tert-OH is 1. The van der Waals surface area contributed by atoms with Gasteiger partial charge in [0, 0.05) is 5.56 Å². The van der Waals surface area contributed by atoms with Crippen molar-refractivity contribution in [2.24, 2.45) is 0 Å². The molecule has 0 aliphatic carbocycles. The van der Waals surface area contributed by atoms with E-state index in [9.17, 15) is 13.5 Å². The Hall–Kier alpha value is -2.35. The molecule has 2 rings (SSSR count). The number of aliphatic hydroxyl groups is 1. The van der Waals surface area contributed by atoms with Gasteiger partial charge in [0.2, 0.25) is 0 Å². The topological polar surface area (TPSA) is 82.1 Å². The van der Waals surface area contributed by atoms with Gasteiger partial charge in [-0.15, -0.1) is 6.58 Å². The average Bonchev–Trinajstić information content (AvgIpc) is 2.66. The molecule has 0 aromatic heterocycles. The minimum absolute atomic E-state index is 0.0385. The molecule has 6 nitrogen and oxygen atoms in total. The smallest absolute Gasteiger partial charge is 0.297 e. The summed E-state index contributed by atoms with van der Waals surface area (Å²) in [5, 5.41) is 9.98. The summed E-state index contributed by atoms with van der Waals surface area (Å²) < 4.78 is 39.7. The number of ether oxygens (including phenoxy) is 2. The van der Waals surface area contributed by atoms with E-state index >= 15 is 0 Å². The number of rotatable bonds is 10. The van der Waals surface area contributed by atoms with Gasteiger partial charge in [-0.2, -0.15) is 8.42 Å². The minimum atomic E-state index is -3.91. The first-order chi connectivity index (χ1) is 12.5. The molecule has 0 fully saturated rings. The maximum atomic E-state index is 12.0. The van der Waals surface area contributed by atoms with Gasteiger partial charge in [0.25, 0.3) is 10.1 Å². The van der Waals surface area contributed by atoms with E-state index < -0.39 is 22.8 Å². The zero-order valence-electron chi connectivity index (χ0n) is 14.5. The largest absolute Gasteiger partial charge is 0.497 e. The van der Waals surface area contributed by atoms with Crippen LogP contribution in [0.15, 0.2) is 66.1 Å². The van der Waals surface area contributed by atoms with Crippen molar-refractivity contribution in [1.82, 2.24) is 0 Å². The summed E-state index contributed by atoms with van der Waals surface area (Å²) >= 11 is 0. The Morgan fingerprint density at radius 2 is 1.88 bits per heavy atom. The van der Waals surface area contributed by atoms with Gasteiger partial charge in [-0.25, -0.2) is 0 Å². The van der Waals surface area contributed by atoms with Gasteiger partial charge in [0.05, 0.1) is 18.6 Å². The van der Waals surface area contributed by atoms with E-state index in [1.54, 1.807) is 43.5 Å². The van der Waals surface area contributed by atoms with Crippen molar-refractivity contribution >= 4 is 10.1 Å². The first-order valence-corrected chi connectivity index (χ1v) is 9.40. The summed E-state index contributed by atoms with van der Waals surface area (Å²) in [5.74, 6) is 1.25. The number of hydrogen-bond donors (Lipinski definition) is 1. The van der Waals surface area contributed by atoms with Gasteiger partial charge in [-0.1, -0.05) is 24.3 Å². The zero-order chi connectivity index (χ0) is 19.0. The third kappa shape index (κ3) is 5.59. The van der Waals surface area contributed by atoms with Crippen LogP contribution >= 0.6 is 0 Å². The highest BCUT2D eigenvalue weighted by Gasteiger charge is 2.17. The lowest BCUT2D eigenvalue weighted by Crippen LogP contribution is -2.25. The molecule has 0 heterocycles. The SMILES string of the molecule is C=CCc1cc(OC)ccc1OCC(O)COS(=O)(=O)c1ccccc1. The summed E-state index contributed by atoms with van der Waals surface area (Å²) in [7, 11) is -2.34. The lowest BCUT2D eigenvalue weighted by molar-refractivity contribution is 0.0645. The molecule has 2 aromatic rings. The van der Waals surface area contributed by atoms with Gasteiger partial charge < -0.3 is 14.6 Å². The van der Waals surface area contributed by atoms with Crippen LogP contribution in [-0.2, 0) is 20.7 Å². The molecule has 2 aromatic carbocycles. The van der Waals surface area contributed by atoms with Crippen LogP contribution < -0.4 is 9.47 Å². The molecule has 1 unspecified atom stereocenters. The van der Waals surface area contributed by atoms with Gasteiger partial charge in [-0.3, -0.25) is 4.18 Å². The van der Waals surface area contributed by atoms with Gasteiger partial charge >= 0.3 is 0 Å². The van der Waals surface area contributed by atoms with Crippen LogP contribution in [0, 0.1) is 0 Å². The van der Waals surface area contributed by atoms with Crippen LogP contribution in [0.5, 0.6) is 11.5 Å². The van der Waals surface area contributed by atoms with E-state index in [4.69, 9.17) is 13.7 Å². The van der Waals surface area contributed by atoms with Crippen LogP contribution in [0.4, 0.5) is 0 Å². The molecule has 1 atom stereocenters. The molecule has 140 valence electrons. The third-order valence-electron chi connectivity index (χ3n) is 3.51. The number of methoxy groups -OCH3 is 1. The summed E-state index contributed by atoms with van der Waals surface area (Å²) in [4.78, 5) is 0.0385. The van der Waals surface area contributed by atoms with E-state index in [1.807, 2.05) is 6.07 Å². The second-order valence-electron chi connectivity index (χ2n) is 5.48. The maximum Gasteiger partial charge on any atom is 0.297 e. The maximum absolute atomic E-state index is 12.0. The van der Waals surface area contributed by atoms with E-state index in [1.165, 1.54) is 12.1 Å². The minimum Gasteiger partial charge on any atom is -0.497 e. The van der Waals surface area contributed by atoms with Gasteiger partial charge in [-0.05, 0) is 36.8 Å². The summed E-state index contributed by atoms with van der Waals surface area (Å²) in [5.41, 5.74) is 0.851. The van der Waals surface area contributed by atoms with Crippen molar-refractivity contribution < 1.29 is 27.2 Å². The second-order valence-corrected chi connectivity index (χ2v) is 7.10. The summed E-state index contributed by atoms with van der Waals surface area (Å²) in [6.45, 7) is 3.19. The van der Waals surface area contributed by atoms with Crippen LogP contribution in [0.2, 0.25) is 0 Å². The Kier molecular flexibility index (Phi) is 7.20. The van der Waals surface area contributed by atoms with E-state index in [-0.39, 0.29) is 11.5 Å². The monoisotopic (exact) mass is 378 g/mol. The number of allylic oxidation sites excluding steroid dienone is 1. The first-order valence-electron chi connectivity index (χ1n) is 7.99. The fraction of sp³-hybridized carbons (Fsp3) is 0.263. The Morgan fingerprint density at radius 3 is 2.54 bits per heavy atom. The predicted molar refractivity (Wildman–Crippen MR) is 98.0 cm³/mol. The van der Waals surface area contributed by atoms with Crippen molar-refractivity contribution in [3.8, 4) is 11.5 Å². The van der Waals surface area contributed by atoms with E-state index in [0.717, 1.165) is 5.56 Å². The molecular formula is C19H22O6S. The Bertz CT molecular complexity index is 817. The van der Waals surface area contributed by atoms with Crippen molar-refractivity contribution in [1.29, 1.82) is 0 Å². The number of benzene rings is 2. The quantitative estimate of drug-likeness (QED) is 0.505. The Morgan fingerprint density at radius 1 is 1.15 bits per heavy atom. The second kappa shape index (κ2) is 9.38. The molecule has 0 aliphatic heterocycles. The molecule has 26 heavy (non-hydrogen) atoms. The standard InChI is InChI=1S/C19H22O6S/c1-3-7-15-12-17(23-2)10-11-19(15)24-13-16(20)14-25-26(21,22)18-8-5-4-6-9-18/h3-6,8-12,16,20H,1,7,13-14H2,2H3. The van der Waals surface area contributed by atoms with Crippen LogP contribution in [-0.4, -0.2) is 40.0 Å². The fourth-order valence-electron chi connectivity index (χ4n) is 2.20. The van der Waals surface area contributed by atoms with Gasteiger partial charge in [0.1, 0.15) is 24.2 Å². The van der Waals surface area contributed by atoms with E-state index in [0.29, 0.717) is 17.9 Å². The first kappa shape index (κ1) is 20.0. The molecule has 0 amide bonds. The van der Waals surface area contributed by atoms with Gasteiger partial charge in [0.15, 0.2) is 0 Å². The highest BCUT2D eigenvalue weighted by Crippen LogP contribution is 2.25. The molecule has 0 saturated carbocycles. The molecule has 7 heteroatoms. The summed E-state index contributed by atoms with van der Waals surface area (Å²) in [6, 6.07) is 13.0. The molecule has 0 saturated heterocycles. The van der Waals surface area contributed by atoms with Crippen LogP contribution in [0.1, 0.15) is 5.56 Å². The van der Waals surface area contributed by atoms with Crippen molar-refractivity contribution in [3.05, 3.63) is 66.7 Å². The third-order valence-corrected chi connectivity index (χ3v) is 4.81. The highest BCUT2D eigenvalue weighted by molar-refractivity contribution is 7.86. The Balaban J connectivity index is 1.93. The number of hydrogen-bond acceptors (Lipinski definition) is 6. The van der Waals surface area contributed by atoms with Crippen molar-refractivity contribution in [2.45, 2.75) is 17.4 Å². The van der Waals surface area contributed by atoms with E-state index in [2.05, 4.69) is 6.58 Å². The molecule has 0 radical (unpaired) electrons. The molecule has 0 spiro atoms. The van der Waals surface area contributed by atoms with Crippen LogP contribution in [0.3, 0.4) is 0 Å². The highest BCUT2D eigenvalue weighted by atomic mass is 32.2.